The lowest BCUT2D eigenvalue weighted by Crippen LogP contribution is -2.68. The van der Waals surface area contributed by atoms with E-state index in [0.29, 0.717) is 11.5 Å². The van der Waals surface area contributed by atoms with Crippen molar-refractivity contribution < 1.29 is 9.59 Å². The zero-order chi connectivity index (χ0) is 12.5. The van der Waals surface area contributed by atoms with Gasteiger partial charge < -0.3 is 10.2 Å². The molecule has 0 aromatic heterocycles. The number of nitrogens with zero attached hydrogens (tertiary/aromatic N) is 1. The van der Waals surface area contributed by atoms with Gasteiger partial charge >= 0.3 is 0 Å². The molecule has 1 aliphatic rings. The summed E-state index contributed by atoms with van der Waals surface area (Å²) in [5, 5.41) is 3.10. The van der Waals surface area contributed by atoms with Gasteiger partial charge in [-0.1, -0.05) is 25.1 Å². The van der Waals surface area contributed by atoms with E-state index in [4.69, 9.17) is 11.6 Å². The van der Waals surface area contributed by atoms with Gasteiger partial charge in [0, 0.05) is 5.03 Å². The minimum absolute atomic E-state index is 0.107. The molecule has 0 aromatic rings. The summed E-state index contributed by atoms with van der Waals surface area (Å²) in [7, 11) is 0. The number of carbonyl (C=O) groups is 2. The van der Waals surface area contributed by atoms with Gasteiger partial charge in [0.25, 0.3) is 0 Å². The first-order valence-electron chi connectivity index (χ1n) is 5.28. The number of rotatable bonds is 3. The van der Waals surface area contributed by atoms with Crippen molar-refractivity contribution in [2.24, 2.45) is 0 Å². The van der Waals surface area contributed by atoms with Crippen LogP contribution in [-0.2, 0) is 9.59 Å². The van der Waals surface area contributed by atoms with Crippen LogP contribution in [0.2, 0.25) is 0 Å². The standard InChI is InChI=1S/C11H17ClN2O2/c1-5-11(4)10(16)14(6-7(2)12)8(3)9(15)13-11/h8H,2,5-6H2,1,3-4H3,(H,13,15). The molecule has 1 saturated heterocycles. The molecular weight excluding hydrogens is 228 g/mol. The van der Waals surface area contributed by atoms with Gasteiger partial charge in [-0.3, -0.25) is 9.59 Å². The Balaban J connectivity index is 2.99. The third-order valence-corrected chi connectivity index (χ3v) is 3.15. The molecular formula is C11H17ClN2O2. The predicted octanol–water partition coefficient (Wildman–Crippen LogP) is 1.25. The van der Waals surface area contributed by atoms with Crippen molar-refractivity contribution in [3.8, 4) is 0 Å². The Bertz CT molecular complexity index is 343. The molecule has 2 unspecified atom stereocenters. The second-order valence-corrected chi connectivity index (χ2v) is 4.84. The van der Waals surface area contributed by atoms with Crippen LogP contribution in [0.4, 0.5) is 0 Å². The van der Waals surface area contributed by atoms with Crippen molar-refractivity contribution >= 4 is 23.4 Å². The van der Waals surface area contributed by atoms with Gasteiger partial charge in [0.05, 0.1) is 6.54 Å². The van der Waals surface area contributed by atoms with E-state index >= 15 is 0 Å². The van der Waals surface area contributed by atoms with E-state index in [1.807, 2.05) is 6.92 Å². The third kappa shape index (κ3) is 2.21. The second-order valence-electron chi connectivity index (χ2n) is 4.30. The Morgan fingerprint density at radius 1 is 1.62 bits per heavy atom. The Kier molecular flexibility index (Phi) is 3.63. The lowest BCUT2D eigenvalue weighted by molar-refractivity contribution is -0.153. The smallest absolute Gasteiger partial charge is 0.249 e. The van der Waals surface area contributed by atoms with Gasteiger partial charge in [0.1, 0.15) is 11.6 Å². The molecule has 4 nitrogen and oxygen atoms in total. The lowest BCUT2D eigenvalue weighted by Gasteiger charge is -2.42. The molecule has 16 heavy (non-hydrogen) atoms. The zero-order valence-electron chi connectivity index (χ0n) is 9.84. The fourth-order valence-electron chi connectivity index (χ4n) is 1.70. The quantitative estimate of drug-likeness (QED) is 0.813. The highest BCUT2D eigenvalue weighted by Crippen LogP contribution is 2.22. The summed E-state index contributed by atoms with van der Waals surface area (Å²) in [5.41, 5.74) is -0.823. The molecule has 0 spiro atoms. The van der Waals surface area contributed by atoms with Crippen molar-refractivity contribution in [3.63, 3.8) is 0 Å². The topological polar surface area (TPSA) is 49.4 Å². The maximum Gasteiger partial charge on any atom is 0.249 e. The van der Waals surface area contributed by atoms with Crippen LogP contribution in [0.15, 0.2) is 11.6 Å². The maximum absolute atomic E-state index is 12.2. The van der Waals surface area contributed by atoms with Crippen molar-refractivity contribution in [2.45, 2.75) is 38.8 Å². The summed E-state index contributed by atoms with van der Waals surface area (Å²) >= 11 is 5.71. The average molecular weight is 245 g/mol. The number of piperazine rings is 1. The van der Waals surface area contributed by atoms with Crippen molar-refractivity contribution in [2.75, 3.05) is 6.54 Å². The monoisotopic (exact) mass is 244 g/mol. The van der Waals surface area contributed by atoms with E-state index in [2.05, 4.69) is 11.9 Å². The minimum Gasteiger partial charge on any atom is -0.340 e. The van der Waals surface area contributed by atoms with Crippen LogP contribution in [0.5, 0.6) is 0 Å². The molecule has 1 fully saturated rings. The third-order valence-electron chi connectivity index (χ3n) is 3.03. The second kappa shape index (κ2) is 4.45. The van der Waals surface area contributed by atoms with E-state index < -0.39 is 11.6 Å². The Labute approximate surface area is 101 Å². The van der Waals surface area contributed by atoms with Crippen molar-refractivity contribution in [1.29, 1.82) is 0 Å². The summed E-state index contributed by atoms with van der Waals surface area (Å²) in [5.74, 6) is -0.259. The van der Waals surface area contributed by atoms with Crippen LogP contribution < -0.4 is 5.32 Å². The molecule has 1 rings (SSSR count). The first-order chi connectivity index (χ1) is 7.31. The number of nitrogens with one attached hydrogen (secondary N) is 1. The van der Waals surface area contributed by atoms with Crippen LogP contribution in [0.3, 0.4) is 0 Å². The highest BCUT2D eigenvalue weighted by molar-refractivity contribution is 6.29. The Morgan fingerprint density at radius 3 is 2.62 bits per heavy atom. The number of hydrogen-bond acceptors (Lipinski definition) is 2. The molecule has 2 amide bonds. The van der Waals surface area contributed by atoms with Crippen molar-refractivity contribution in [3.05, 3.63) is 11.6 Å². The van der Waals surface area contributed by atoms with Gasteiger partial charge in [-0.2, -0.15) is 0 Å². The van der Waals surface area contributed by atoms with Crippen LogP contribution >= 0.6 is 11.6 Å². The van der Waals surface area contributed by atoms with Crippen LogP contribution in [0, 0.1) is 0 Å². The first kappa shape index (κ1) is 13.0. The molecule has 1 aliphatic heterocycles. The first-order valence-corrected chi connectivity index (χ1v) is 5.66. The highest BCUT2D eigenvalue weighted by atomic mass is 35.5. The SMILES string of the molecule is C=C(Cl)CN1C(=O)C(C)(CC)NC(=O)C1C. The lowest BCUT2D eigenvalue weighted by atomic mass is 9.92. The van der Waals surface area contributed by atoms with Gasteiger partial charge in [0.2, 0.25) is 11.8 Å². The Hall–Kier alpha value is -1.03. The minimum atomic E-state index is -0.823. The van der Waals surface area contributed by atoms with Gasteiger partial charge in [-0.15, -0.1) is 0 Å². The molecule has 90 valence electrons. The van der Waals surface area contributed by atoms with Crippen LogP contribution in [-0.4, -0.2) is 34.8 Å². The van der Waals surface area contributed by atoms with E-state index in [0.717, 1.165) is 0 Å². The summed E-state index contributed by atoms with van der Waals surface area (Å²) in [6.45, 7) is 9.04. The van der Waals surface area contributed by atoms with E-state index in [-0.39, 0.29) is 18.4 Å². The van der Waals surface area contributed by atoms with Gasteiger partial charge in [0.15, 0.2) is 0 Å². The molecule has 0 bridgehead atoms. The fourth-order valence-corrected chi connectivity index (χ4v) is 1.83. The van der Waals surface area contributed by atoms with Crippen LogP contribution in [0.25, 0.3) is 0 Å². The molecule has 0 aromatic carbocycles. The predicted molar refractivity (Wildman–Crippen MR) is 63.0 cm³/mol. The summed E-state index contributed by atoms with van der Waals surface area (Å²) in [4.78, 5) is 25.4. The summed E-state index contributed by atoms with van der Waals surface area (Å²) < 4.78 is 0. The average Bonchev–Trinajstić information content (AvgIpc) is 2.21. The number of hydrogen-bond donors (Lipinski definition) is 1. The molecule has 2 atom stereocenters. The fraction of sp³-hybridized carbons (Fsp3) is 0.636. The molecule has 1 N–H and O–H groups in total. The summed E-state index contributed by atoms with van der Waals surface area (Å²) in [6, 6.07) is -0.498. The highest BCUT2D eigenvalue weighted by Gasteiger charge is 2.45. The number of halogens is 1. The molecule has 0 saturated carbocycles. The van der Waals surface area contributed by atoms with Gasteiger partial charge in [-0.25, -0.2) is 0 Å². The number of carbonyl (C=O) groups excluding carboxylic acids is 2. The largest absolute Gasteiger partial charge is 0.340 e. The maximum atomic E-state index is 12.2. The van der Waals surface area contributed by atoms with E-state index in [1.54, 1.807) is 13.8 Å². The van der Waals surface area contributed by atoms with Crippen LogP contribution in [0.1, 0.15) is 27.2 Å². The van der Waals surface area contributed by atoms with E-state index in [9.17, 15) is 9.59 Å². The normalized spacial score (nSPS) is 30.2. The van der Waals surface area contributed by atoms with Crippen molar-refractivity contribution in [1.82, 2.24) is 10.2 Å². The zero-order valence-corrected chi connectivity index (χ0v) is 10.6. The van der Waals surface area contributed by atoms with Gasteiger partial charge in [-0.05, 0) is 20.3 Å². The Morgan fingerprint density at radius 2 is 2.19 bits per heavy atom. The summed E-state index contributed by atoms with van der Waals surface area (Å²) in [6.07, 6.45) is 0.551. The molecule has 5 heteroatoms. The van der Waals surface area contributed by atoms with E-state index in [1.165, 1.54) is 4.90 Å². The molecule has 0 aliphatic carbocycles. The molecule has 0 radical (unpaired) electrons. The molecule has 1 heterocycles. The number of amides is 2.